The van der Waals surface area contributed by atoms with Crippen molar-refractivity contribution in [3.63, 3.8) is 0 Å². The summed E-state index contributed by atoms with van der Waals surface area (Å²) >= 11 is 5.86. The zero-order valence-corrected chi connectivity index (χ0v) is 14.3. The Kier molecular flexibility index (Phi) is 6.81. The quantitative estimate of drug-likeness (QED) is 0.739. The Morgan fingerprint density at radius 3 is 2.58 bits per heavy atom. The summed E-state index contributed by atoms with van der Waals surface area (Å²) in [7, 11) is 0. The van der Waals surface area contributed by atoms with Gasteiger partial charge in [-0.3, -0.25) is 9.59 Å². The number of hydrogen-bond donors (Lipinski definition) is 1. The number of anilines is 1. The van der Waals surface area contributed by atoms with Crippen molar-refractivity contribution < 1.29 is 14.1 Å². The number of hydrogen-bond acceptors (Lipinski definition) is 4. The van der Waals surface area contributed by atoms with E-state index in [1.807, 2.05) is 0 Å². The summed E-state index contributed by atoms with van der Waals surface area (Å²) < 4.78 is 4.67. The monoisotopic (exact) mass is 349 g/mol. The van der Waals surface area contributed by atoms with Crippen LogP contribution in [0.5, 0.6) is 0 Å². The number of carbonyl (C=O) groups excluding carboxylic acids is 2. The molecule has 7 heteroatoms. The zero-order chi connectivity index (χ0) is 17.4. The first-order valence-corrected chi connectivity index (χ1v) is 8.23. The minimum Gasteiger partial charge on any atom is -0.363 e. The van der Waals surface area contributed by atoms with Gasteiger partial charge in [-0.15, -0.1) is 0 Å². The summed E-state index contributed by atoms with van der Waals surface area (Å²) in [5, 5.41) is 6.79. The molecule has 0 bridgehead atoms. The van der Waals surface area contributed by atoms with Crippen LogP contribution in [0.2, 0.25) is 5.02 Å². The van der Waals surface area contributed by atoms with Gasteiger partial charge in [0, 0.05) is 23.2 Å². The maximum atomic E-state index is 12.7. The first-order chi connectivity index (χ1) is 11.6. The fraction of sp³-hybridized carbons (Fsp3) is 0.353. The summed E-state index contributed by atoms with van der Waals surface area (Å²) in [5.74, 6) is -0.187. The largest absolute Gasteiger partial charge is 0.363 e. The van der Waals surface area contributed by atoms with E-state index in [4.69, 9.17) is 11.6 Å². The Balaban J connectivity index is 2.03. The molecule has 1 N–H and O–H groups in total. The van der Waals surface area contributed by atoms with Crippen LogP contribution >= 0.6 is 11.6 Å². The summed E-state index contributed by atoms with van der Waals surface area (Å²) in [5.41, 5.74) is 0.505. The molecule has 0 saturated carbocycles. The number of benzene rings is 1. The summed E-state index contributed by atoms with van der Waals surface area (Å²) in [6, 6.07) is 8.18. The van der Waals surface area contributed by atoms with Crippen molar-refractivity contribution in [2.75, 3.05) is 18.4 Å². The van der Waals surface area contributed by atoms with Crippen LogP contribution in [0.1, 0.15) is 36.5 Å². The molecule has 0 radical (unpaired) electrons. The molecule has 0 aliphatic heterocycles. The predicted molar refractivity (Wildman–Crippen MR) is 92.0 cm³/mol. The van der Waals surface area contributed by atoms with E-state index in [0.29, 0.717) is 22.9 Å². The summed E-state index contributed by atoms with van der Waals surface area (Å²) in [6.07, 6.45) is 4.24. The Bertz CT molecular complexity index is 656. The van der Waals surface area contributed by atoms with Gasteiger partial charge < -0.3 is 14.7 Å². The molecule has 0 unspecified atom stereocenters. The van der Waals surface area contributed by atoms with Gasteiger partial charge in [0.05, 0.1) is 0 Å². The van der Waals surface area contributed by atoms with Crippen molar-refractivity contribution in [3.8, 4) is 0 Å². The predicted octanol–water partition coefficient (Wildman–Crippen LogP) is 3.60. The molecule has 24 heavy (non-hydrogen) atoms. The molecular weight excluding hydrogens is 330 g/mol. The molecule has 1 heterocycles. The average molecular weight is 350 g/mol. The Morgan fingerprint density at radius 1 is 1.21 bits per heavy atom. The number of carbonyl (C=O) groups is 2. The van der Waals surface area contributed by atoms with E-state index in [1.165, 1.54) is 11.2 Å². The van der Waals surface area contributed by atoms with E-state index in [0.717, 1.165) is 19.3 Å². The van der Waals surface area contributed by atoms with Crippen molar-refractivity contribution in [1.29, 1.82) is 0 Å². The third-order valence-corrected chi connectivity index (χ3v) is 3.70. The standard InChI is InChI=1S/C17H20ClN3O3/c1-2-3-4-10-21(12-16(22)19-15-9-11-24-20-15)17(23)13-5-7-14(18)8-6-13/h5-9,11H,2-4,10,12H2,1H3,(H,19,20,22). The van der Waals surface area contributed by atoms with Gasteiger partial charge in [-0.2, -0.15) is 0 Å². The van der Waals surface area contributed by atoms with Crippen molar-refractivity contribution in [3.05, 3.63) is 47.2 Å². The number of halogens is 1. The zero-order valence-electron chi connectivity index (χ0n) is 13.5. The molecular formula is C17H20ClN3O3. The minimum atomic E-state index is -0.317. The van der Waals surface area contributed by atoms with Gasteiger partial charge >= 0.3 is 0 Å². The van der Waals surface area contributed by atoms with E-state index in [2.05, 4.69) is 21.9 Å². The number of nitrogens with zero attached hydrogens (tertiary/aromatic N) is 2. The Morgan fingerprint density at radius 2 is 1.96 bits per heavy atom. The number of unbranched alkanes of at least 4 members (excludes halogenated alkanes) is 2. The van der Waals surface area contributed by atoms with Crippen LogP contribution in [0, 0.1) is 0 Å². The van der Waals surface area contributed by atoms with Crippen LogP contribution in [0.15, 0.2) is 41.1 Å². The van der Waals surface area contributed by atoms with Crippen LogP contribution in [-0.2, 0) is 4.79 Å². The minimum absolute atomic E-state index is 0.0436. The lowest BCUT2D eigenvalue weighted by Gasteiger charge is -2.22. The third kappa shape index (κ3) is 5.38. The lowest BCUT2D eigenvalue weighted by molar-refractivity contribution is -0.117. The third-order valence-electron chi connectivity index (χ3n) is 3.45. The molecule has 1 aromatic carbocycles. The molecule has 0 aliphatic carbocycles. The second-order valence-corrected chi connectivity index (χ2v) is 5.81. The van der Waals surface area contributed by atoms with Gasteiger partial charge in [-0.1, -0.05) is 36.5 Å². The number of rotatable bonds is 8. The SMILES string of the molecule is CCCCCN(CC(=O)Nc1ccon1)C(=O)c1ccc(Cl)cc1. The number of nitrogens with one attached hydrogen (secondary N) is 1. The van der Waals surface area contributed by atoms with E-state index >= 15 is 0 Å². The van der Waals surface area contributed by atoms with Gasteiger partial charge in [0.15, 0.2) is 5.82 Å². The van der Waals surface area contributed by atoms with Crippen LogP contribution < -0.4 is 5.32 Å². The van der Waals surface area contributed by atoms with Gasteiger partial charge in [0.1, 0.15) is 12.8 Å². The molecule has 0 atom stereocenters. The smallest absolute Gasteiger partial charge is 0.254 e. The van der Waals surface area contributed by atoms with Crippen LogP contribution in [0.4, 0.5) is 5.82 Å². The molecule has 2 aromatic rings. The molecule has 0 spiro atoms. The molecule has 0 saturated heterocycles. The highest BCUT2D eigenvalue weighted by molar-refractivity contribution is 6.30. The molecule has 1 aromatic heterocycles. The second kappa shape index (κ2) is 9.08. The lowest BCUT2D eigenvalue weighted by Crippen LogP contribution is -2.38. The van der Waals surface area contributed by atoms with E-state index in [-0.39, 0.29) is 18.4 Å². The van der Waals surface area contributed by atoms with E-state index < -0.39 is 0 Å². The van der Waals surface area contributed by atoms with Gasteiger partial charge in [-0.25, -0.2) is 0 Å². The van der Waals surface area contributed by atoms with Crippen LogP contribution in [0.3, 0.4) is 0 Å². The first-order valence-electron chi connectivity index (χ1n) is 7.85. The molecule has 2 rings (SSSR count). The highest BCUT2D eigenvalue weighted by Gasteiger charge is 2.19. The fourth-order valence-electron chi connectivity index (χ4n) is 2.21. The summed E-state index contributed by atoms with van der Waals surface area (Å²) in [6.45, 7) is 2.56. The number of amides is 2. The lowest BCUT2D eigenvalue weighted by atomic mass is 10.1. The summed E-state index contributed by atoms with van der Waals surface area (Å²) in [4.78, 5) is 26.3. The van der Waals surface area contributed by atoms with Gasteiger partial charge in [0.2, 0.25) is 5.91 Å². The highest BCUT2D eigenvalue weighted by Crippen LogP contribution is 2.13. The van der Waals surface area contributed by atoms with Crippen molar-refractivity contribution in [2.45, 2.75) is 26.2 Å². The van der Waals surface area contributed by atoms with E-state index in [1.54, 1.807) is 30.3 Å². The molecule has 6 nitrogen and oxygen atoms in total. The Labute approximate surface area is 145 Å². The van der Waals surface area contributed by atoms with Gasteiger partial charge in [0.25, 0.3) is 5.91 Å². The van der Waals surface area contributed by atoms with Crippen molar-refractivity contribution in [1.82, 2.24) is 10.1 Å². The fourth-order valence-corrected chi connectivity index (χ4v) is 2.34. The van der Waals surface area contributed by atoms with E-state index in [9.17, 15) is 9.59 Å². The second-order valence-electron chi connectivity index (χ2n) is 5.37. The average Bonchev–Trinajstić information content (AvgIpc) is 3.07. The van der Waals surface area contributed by atoms with Gasteiger partial charge in [-0.05, 0) is 30.7 Å². The number of aromatic nitrogens is 1. The highest BCUT2D eigenvalue weighted by atomic mass is 35.5. The van der Waals surface area contributed by atoms with Crippen LogP contribution in [-0.4, -0.2) is 35.0 Å². The molecule has 0 fully saturated rings. The topological polar surface area (TPSA) is 75.4 Å². The van der Waals surface area contributed by atoms with Crippen LogP contribution in [0.25, 0.3) is 0 Å². The molecule has 128 valence electrons. The molecule has 2 amide bonds. The van der Waals surface area contributed by atoms with Crippen molar-refractivity contribution in [2.24, 2.45) is 0 Å². The Hall–Kier alpha value is -2.34. The maximum absolute atomic E-state index is 12.7. The first kappa shape index (κ1) is 18.0. The maximum Gasteiger partial charge on any atom is 0.254 e. The van der Waals surface area contributed by atoms with Crippen molar-refractivity contribution >= 4 is 29.2 Å². The molecule has 0 aliphatic rings. The normalized spacial score (nSPS) is 10.4.